The minimum absolute atomic E-state index is 0.127. The molecule has 4 heteroatoms. The van der Waals surface area contributed by atoms with Crippen molar-refractivity contribution in [3.8, 4) is 11.5 Å². The van der Waals surface area contributed by atoms with Gasteiger partial charge in [-0.15, -0.1) is 0 Å². The van der Waals surface area contributed by atoms with E-state index in [-0.39, 0.29) is 23.8 Å². The Labute approximate surface area is 135 Å². The Kier molecular flexibility index (Phi) is 5.20. The second-order valence-electron chi connectivity index (χ2n) is 5.15. The topological polar surface area (TPSA) is 69.6 Å². The molecule has 4 nitrogen and oxygen atoms in total. The van der Waals surface area contributed by atoms with Crippen molar-refractivity contribution in [3.63, 3.8) is 0 Å². The van der Waals surface area contributed by atoms with Crippen LogP contribution in [0.15, 0.2) is 61.2 Å². The molecule has 2 aromatic rings. The van der Waals surface area contributed by atoms with Crippen LogP contribution in [0.25, 0.3) is 6.08 Å². The molecule has 0 bridgehead atoms. The van der Waals surface area contributed by atoms with Crippen molar-refractivity contribution in [2.45, 2.75) is 13.0 Å². The quantitative estimate of drug-likeness (QED) is 0.567. The summed E-state index contributed by atoms with van der Waals surface area (Å²) in [5, 5.41) is 22.4. The summed E-state index contributed by atoms with van der Waals surface area (Å²) in [6, 6.07) is 12.6. The van der Waals surface area contributed by atoms with Crippen LogP contribution in [0, 0.1) is 0 Å². The third kappa shape index (κ3) is 4.01. The summed E-state index contributed by atoms with van der Waals surface area (Å²) in [7, 11) is 0. The van der Waals surface area contributed by atoms with E-state index >= 15 is 0 Å². The Morgan fingerprint density at radius 1 is 1.13 bits per heavy atom. The molecule has 0 unspecified atom stereocenters. The summed E-state index contributed by atoms with van der Waals surface area (Å²) in [4.78, 5) is 12.1. The number of phenols is 2. The average molecular weight is 309 g/mol. The first-order chi connectivity index (χ1) is 11.0. The van der Waals surface area contributed by atoms with Gasteiger partial charge in [-0.25, -0.2) is 0 Å². The number of amides is 1. The fourth-order valence-electron chi connectivity index (χ4n) is 2.21. The van der Waals surface area contributed by atoms with E-state index in [1.165, 1.54) is 6.07 Å². The SMILES string of the molecule is C=Cc1ccc(O)c(O)c1CC(=C)C(=O)NCc1ccccc1. The molecule has 118 valence electrons. The maximum absolute atomic E-state index is 12.1. The molecule has 0 spiro atoms. The van der Waals surface area contributed by atoms with E-state index in [1.54, 1.807) is 12.1 Å². The zero-order chi connectivity index (χ0) is 16.8. The van der Waals surface area contributed by atoms with Crippen LogP contribution in [-0.4, -0.2) is 16.1 Å². The highest BCUT2D eigenvalue weighted by atomic mass is 16.3. The fraction of sp³-hybridized carbons (Fsp3) is 0.105. The van der Waals surface area contributed by atoms with Crippen molar-refractivity contribution >= 4 is 12.0 Å². The number of nitrogens with one attached hydrogen (secondary N) is 1. The zero-order valence-electron chi connectivity index (χ0n) is 12.7. The lowest BCUT2D eigenvalue weighted by Gasteiger charge is -2.12. The molecular formula is C19H19NO3. The van der Waals surface area contributed by atoms with Gasteiger partial charge in [-0.05, 0) is 17.2 Å². The summed E-state index contributed by atoms with van der Waals surface area (Å²) in [6.07, 6.45) is 1.69. The van der Waals surface area contributed by atoms with Crippen LogP contribution in [-0.2, 0) is 17.8 Å². The van der Waals surface area contributed by atoms with Gasteiger partial charge in [0, 0.05) is 24.1 Å². The van der Waals surface area contributed by atoms with Crippen molar-refractivity contribution in [2.24, 2.45) is 0 Å². The molecule has 0 fully saturated rings. The van der Waals surface area contributed by atoms with Crippen LogP contribution in [0.3, 0.4) is 0 Å². The van der Waals surface area contributed by atoms with Crippen molar-refractivity contribution in [3.05, 3.63) is 77.9 Å². The Morgan fingerprint density at radius 2 is 1.83 bits per heavy atom. The highest BCUT2D eigenvalue weighted by Gasteiger charge is 2.15. The summed E-state index contributed by atoms with van der Waals surface area (Å²) in [6.45, 7) is 7.84. The Morgan fingerprint density at radius 3 is 2.48 bits per heavy atom. The molecule has 0 aliphatic rings. The van der Waals surface area contributed by atoms with Crippen molar-refractivity contribution < 1.29 is 15.0 Å². The highest BCUT2D eigenvalue weighted by Crippen LogP contribution is 2.33. The Bertz CT molecular complexity index is 736. The van der Waals surface area contributed by atoms with Gasteiger partial charge in [0.25, 0.3) is 0 Å². The van der Waals surface area contributed by atoms with E-state index in [1.807, 2.05) is 30.3 Å². The van der Waals surface area contributed by atoms with Crippen LogP contribution in [0.4, 0.5) is 0 Å². The van der Waals surface area contributed by atoms with Crippen LogP contribution in [0.1, 0.15) is 16.7 Å². The normalized spacial score (nSPS) is 10.1. The van der Waals surface area contributed by atoms with Gasteiger partial charge in [-0.1, -0.05) is 55.6 Å². The van der Waals surface area contributed by atoms with E-state index in [4.69, 9.17) is 0 Å². The van der Waals surface area contributed by atoms with E-state index in [0.717, 1.165) is 5.56 Å². The lowest BCUT2D eigenvalue weighted by Crippen LogP contribution is -2.25. The molecular weight excluding hydrogens is 290 g/mol. The van der Waals surface area contributed by atoms with Gasteiger partial charge in [-0.2, -0.15) is 0 Å². The molecule has 0 atom stereocenters. The van der Waals surface area contributed by atoms with Gasteiger partial charge < -0.3 is 15.5 Å². The summed E-state index contributed by atoms with van der Waals surface area (Å²) in [5.41, 5.74) is 2.36. The number of phenolic OH excluding ortho intramolecular Hbond substituents is 2. The molecule has 23 heavy (non-hydrogen) atoms. The zero-order valence-corrected chi connectivity index (χ0v) is 12.7. The molecule has 0 aromatic heterocycles. The van der Waals surface area contributed by atoms with Gasteiger partial charge in [0.05, 0.1) is 0 Å². The number of benzene rings is 2. The third-order valence-corrected chi connectivity index (χ3v) is 3.52. The molecule has 0 saturated heterocycles. The molecule has 2 aromatic carbocycles. The number of carbonyl (C=O) groups is 1. The van der Waals surface area contributed by atoms with Crippen LogP contribution >= 0.6 is 0 Å². The van der Waals surface area contributed by atoms with Gasteiger partial charge in [0.1, 0.15) is 0 Å². The van der Waals surface area contributed by atoms with Gasteiger partial charge in [0.2, 0.25) is 5.91 Å². The third-order valence-electron chi connectivity index (χ3n) is 3.52. The van der Waals surface area contributed by atoms with E-state index in [9.17, 15) is 15.0 Å². The molecule has 1 amide bonds. The van der Waals surface area contributed by atoms with Gasteiger partial charge >= 0.3 is 0 Å². The summed E-state index contributed by atoms with van der Waals surface area (Å²) >= 11 is 0. The molecule has 0 saturated carbocycles. The number of rotatable bonds is 6. The maximum Gasteiger partial charge on any atom is 0.247 e. The lowest BCUT2D eigenvalue weighted by atomic mass is 9.98. The van der Waals surface area contributed by atoms with E-state index < -0.39 is 0 Å². The second kappa shape index (κ2) is 7.31. The van der Waals surface area contributed by atoms with E-state index in [2.05, 4.69) is 18.5 Å². The van der Waals surface area contributed by atoms with Gasteiger partial charge in [0.15, 0.2) is 11.5 Å². The molecule has 0 aliphatic carbocycles. The predicted molar refractivity (Wildman–Crippen MR) is 91.0 cm³/mol. The van der Waals surface area contributed by atoms with Crippen molar-refractivity contribution in [1.82, 2.24) is 5.32 Å². The number of carbonyl (C=O) groups excluding carboxylic acids is 1. The summed E-state index contributed by atoms with van der Waals surface area (Å²) < 4.78 is 0. The second-order valence-corrected chi connectivity index (χ2v) is 5.15. The fourth-order valence-corrected chi connectivity index (χ4v) is 2.21. The van der Waals surface area contributed by atoms with E-state index in [0.29, 0.717) is 23.2 Å². The minimum Gasteiger partial charge on any atom is -0.504 e. The number of aromatic hydroxyl groups is 2. The molecule has 2 rings (SSSR count). The lowest BCUT2D eigenvalue weighted by molar-refractivity contribution is -0.117. The van der Waals surface area contributed by atoms with Crippen molar-refractivity contribution in [2.75, 3.05) is 0 Å². The number of hydrogen-bond acceptors (Lipinski definition) is 3. The monoisotopic (exact) mass is 309 g/mol. The Hall–Kier alpha value is -3.01. The smallest absolute Gasteiger partial charge is 0.247 e. The molecule has 3 N–H and O–H groups in total. The Balaban J connectivity index is 2.06. The largest absolute Gasteiger partial charge is 0.504 e. The number of hydrogen-bond donors (Lipinski definition) is 3. The molecule has 0 heterocycles. The average Bonchev–Trinajstić information content (AvgIpc) is 2.58. The van der Waals surface area contributed by atoms with Crippen molar-refractivity contribution in [1.29, 1.82) is 0 Å². The first-order valence-corrected chi connectivity index (χ1v) is 7.19. The first-order valence-electron chi connectivity index (χ1n) is 7.19. The predicted octanol–water partition coefficient (Wildman–Crippen LogP) is 3.16. The maximum atomic E-state index is 12.1. The molecule has 0 aliphatic heterocycles. The van der Waals surface area contributed by atoms with Crippen LogP contribution < -0.4 is 5.32 Å². The first kappa shape index (κ1) is 16.4. The standard InChI is InChI=1S/C19H19NO3/c1-3-15-9-10-17(21)18(22)16(15)11-13(2)19(23)20-12-14-7-5-4-6-8-14/h3-10,21-22H,1-2,11-12H2,(H,20,23). The minimum atomic E-state index is -0.299. The summed E-state index contributed by atoms with van der Waals surface area (Å²) in [5.74, 6) is -0.783. The van der Waals surface area contributed by atoms with Crippen LogP contribution in [0.5, 0.6) is 11.5 Å². The molecule has 0 radical (unpaired) electrons. The highest BCUT2D eigenvalue weighted by molar-refractivity contribution is 5.93. The van der Waals surface area contributed by atoms with Crippen LogP contribution in [0.2, 0.25) is 0 Å². The van der Waals surface area contributed by atoms with Gasteiger partial charge in [-0.3, -0.25) is 4.79 Å².